The van der Waals surface area contributed by atoms with Crippen molar-refractivity contribution in [1.29, 1.82) is 0 Å². The van der Waals surface area contributed by atoms with Crippen LogP contribution in [0, 0.1) is 5.82 Å². The number of halogens is 1. The summed E-state index contributed by atoms with van der Waals surface area (Å²) in [6.07, 6.45) is 0.450. The zero-order chi connectivity index (χ0) is 25.9. The van der Waals surface area contributed by atoms with E-state index in [0.29, 0.717) is 12.0 Å². The lowest BCUT2D eigenvalue weighted by Gasteiger charge is -2.28. The highest BCUT2D eigenvalue weighted by Gasteiger charge is 2.36. The van der Waals surface area contributed by atoms with Gasteiger partial charge in [-0.2, -0.15) is 0 Å². The summed E-state index contributed by atoms with van der Waals surface area (Å²) in [7, 11) is 4.24. The summed E-state index contributed by atoms with van der Waals surface area (Å²) in [6, 6.07) is 3.96. The first-order chi connectivity index (χ1) is 16.6. The van der Waals surface area contributed by atoms with Crippen molar-refractivity contribution >= 4 is 17.7 Å². The average Bonchev–Trinajstić information content (AvgIpc) is 3.03. The normalized spacial score (nSPS) is 17.2. The number of aromatic nitrogens is 2. The van der Waals surface area contributed by atoms with Crippen molar-refractivity contribution in [2.24, 2.45) is 0 Å². The van der Waals surface area contributed by atoms with Crippen molar-refractivity contribution in [3.63, 3.8) is 0 Å². The van der Waals surface area contributed by atoms with Crippen LogP contribution >= 0.6 is 0 Å². The van der Waals surface area contributed by atoms with Crippen molar-refractivity contribution in [3.05, 3.63) is 57.5 Å². The Morgan fingerprint density at radius 2 is 1.83 bits per heavy atom. The number of rotatable bonds is 5. The molecule has 0 spiro atoms. The van der Waals surface area contributed by atoms with Crippen molar-refractivity contribution < 1.29 is 28.6 Å². The van der Waals surface area contributed by atoms with Crippen LogP contribution < -0.4 is 10.9 Å². The summed E-state index contributed by atoms with van der Waals surface area (Å²) >= 11 is 0. The van der Waals surface area contributed by atoms with Gasteiger partial charge >= 0.3 is 11.8 Å². The predicted octanol–water partition coefficient (Wildman–Crippen LogP) is 0.587. The highest BCUT2D eigenvalue weighted by molar-refractivity contribution is 6.34. The van der Waals surface area contributed by atoms with Crippen LogP contribution in [0.1, 0.15) is 47.3 Å². The lowest BCUT2D eigenvalue weighted by atomic mass is 10.1. The van der Waals surface area contributed by atoms with E-state index in [-0.39, 0.29) is 25.6 Å². The van der Waals surface area contributed by atoms with E-state index in [0.717, 1.165) is 9.80 Å². The van der Waals surface area contributed by atoms with Crippen molar-refractivity contribution in [1.82, 2.24) is 24.7 Å². The molecule has 0 aliphatic carbocycles. The maximum atomic E-state index is 13.2. The zero-order valence-corrected chi connectivity index (χ0v) is 19.9. The molecule has 188 valence electrons. The molecule has 3 amide bonds. The Morgan fingerprint density at radius 3 is 2.43 bits per heavy atom. The Kier molecular flexibility index (Phi) is 7.85. The molecule has 12 heteroatoms. The van der Waals surface area contributed by atoms with Gasteiger partial charge < -0.3 is 25.0 Å². The summed E-state index contributed by atoms with van der Waals surface area (Å²) in [5.74, 6) is -3.72. The summed E-state index contributed by atoms with van der Waals surface area (Å²) in [6.45, 7) is 1.85. The molecule has 1 aromatic heterocycles. The topological polar surface area (TPSA) is 134 Å². The highest BCUT2D eigenvalue weighted by atomic mass is 19.1. The van der Waals surface area contributed by atoms with Crippen molar-refractivity contribution in [3.8, 4) is 5.75 Å². The molecule has 11 nitrogen and oxygen atoms in total. The second-order valence-corrected chi connectivity index (χ2v) is 8.38. The smallest absolute Gasteiger partial charge is 0.312 e. The van der Waals surface area contributed by atoms with Crippen LogP contribution in [-0.4, -0.2) is 76.5 Å². The van der Waals surface area contributed by atoms with Crippen LogP contribution in [0.4, 0.5) is 4.39 Å². The van der Waals surface area contributed by atoms with Crippen molar-refractivity contribution in [2.45, 2.75) is 32.0 Å². The Hall–Kier alpha value is -3.80. The molecule has 0 saturated carbocycles. The van der Waals surface area contributed by atoms with Gasteiger partial charge in [-0.15, -0.1) is 0 Å². The van der Waals surface area contributed by atoms with Crippen LogP contribution in [0.2, 0.25) is 0 Å². The molecule has 1 aromatic carbocycles. The molecular formula is C23H28FN5O6. The highest BCUT2D eigenvalue weighted by Crippen LogP contribution is 2.28. The van der Waals surface area contributed by atoms with Crippen LogP contribution in [0.3, 0.4) is 0 Å². The molecule has 2 atom stereocenters. The number of aromatic hydroxyl groups is 1. The fourth-order valence-corrected chi connectivity index (χ4v) is 3.69. The fourth-order valence-electron chi connectivity index (χ4n) is 3.69. The SMILES string of the molecule is CC[C@@H]1COC[C@@H](N(C)C(=O)C(=O)N(C)C)c2nc(C(=O)NCc3ccc(F)cc3)c(O)c(=O)n21. The molecule has 0 fully saturated rings. The second-order valence-electron chi connectivity index (χ2n) is 8.38. The van der Waals surface area contributed by atoms with Gasteiger partial charge in [0.2, 0.25) is 5.75 Å². The zero-order valence-electron chi connectivity index (χ0n) is 19.9. The average molecular weight is 490 g/mol. The number of fused-ring (bicyclic) bond motifs is 1. The van der Waals surface area contributed by atoms with Gasteiger partial charge in [-0.3, -0.25) is 23.7 Å². The van der Waals surface area contributed by atoms with E-state index < -0.39 is 52.6 Å². The standard InChI is InChI=1S/C23H28FN5O6/c1-5-15-11-35-12-16(28(4)23(34)22(33)27(2)3)19-26-17(18(30)21(32)29(15)19)20(31)25-10-13-6-8-14(24)9-7-13/h6-9,15-16,30H,5,10-12H2,1-4H3,(H,25,31)/t15-,16-/m1/s1. The van der Waals surface area contributed by atoms with Gasteiger partial charge in [0.25, 0.3) is 11.5 Å². The molecule has 0 bridgehead atoms. The molecule has 0 saturated heterocycles. The minimum atomic E-state index is -0.972. The third-order valence-corrected chi connectivity index (χ3v) is 5.80. The molecule has 35 heavy (non-hydrogen) atoms. The quantitative estimate of drug-likeness (QED) is 0.587. The predicted molar refractivity (Wildman–Crippen MR) is 122 cm³/mol. The number of carbonyl (C=O) groups excluding carboxylic acids is 3. The minimum Gasteiger partial charge on any atom is -0.501 e. The number of nitrogens with one attached hydrogen (secondary N) is 1. The van der Waals surface area contributed by atoms with Crippen LogP contribution in [0.15, 0.2) is 29.1 Å². The molecule has 2 heterocycles. The second kappa shape index (κ2) is 10.6. The summed E-state index contributed by atoms with van der Waals surface area (Å²) < 4.78 is 20.0. The fraction of sp³-hybridized carbons (Fsp3) is 0.435. The van der Waals surface area contributed by atoms with Gasteiger partial charge in [0.1, 0.15) is 17.7 Å². The van der Waals surface area contributed by atoms with E-state index >= 15 is 0 Å². The summed E-state index contributed by atoms with van der Waals surface area (Å²) in [5.41, 5.74) is -0.787. The number of carbonyl (C=O) groups is 3. The van der Waals surface area contributed by atoms with Crippen molar-refractivity contribution in [2.75, 3.05) is 34.4 Å². The first-order valence-electron chi connectivity index (χ1n) is 11.0. The van der Waals surface area contributed by atoms with Gasteiger partial charge in [0.05, 0.1) is 19.3 Å². The van der Waals surface area contributed by atoms with Gasteiger partial charge in [0, 0.05) is 27.7 Å². The number of hydrogen-bond acceptors (Lipinski definition) is 7. The lowest BCUT2D eigenvalue weighted by Crippen LogP contribution is -2.45. The monoisotopic (exact) mass is 489 g/mol. The Bertz CT molecular complexity index is 1180. The third kappa shape index (κ3) is 5.32. The number of ether oxygens (including phenoxy) is 1. The Morgan fingerprint density at radius 1 is 1.17 bits per heavy atom. The van der Waals surface area contributed by atoms with E-state index in [1.807, 2.05) is 6.92 Å². The molecule has 1 aliphatic heterocycles. The first-order valence-corrected chi connectivity index (χ1v) is 11.0. The number of amides is 3. The largest absolute Gasteiger partial charge is 0.501 e. The van der Waals surface area contributed by atoms with E-state index in [1.165, 1.54) is 50.0 Å². The van der Waals surface area contributed by atoms with E-state index in [9.17, 15) is 28.7 Å². The number of likely N-dealkylation sites (N-methyl/N-ethyl adjacent to an activating group) is 2. The van der Waals surface area contributed by atoms with E-state index in [2.05, 4.69) is 10.3 Å². The number of benzene rings is 1. The van der Waals surface area contributed by atoms with Gasteiger partial charge in [0.15, 0.2) is 5.69 Å². The maximum absolute atomic E-state index is 13.2. The number of hydrogen-bond donors (Lipinski definition) is 2. The van der Waals surface area contributed by atoms with Crippen LogP contribution in [-0.2, 0) is 20.9 Å². The molecular weight excluding hydrogens is 461 g/mol. The molecule has 3 rings (SSSR count). The van der Waals surface area contributed by atoms with Gasteiger partial charge in [-0.1, -0.05) is 19.1 Å². The van der Waals surface area contributed by atoms with Crippen LogP contribution in [0.5, 0.6) is 5.75 Å². The van der Waals surface area contributed by atoms with Crippen LogP contribution in [0.25, 0.3) is 0 Å². The Balaban J connectivity index is 2.02. The molecule has 2 aromatic rings. The maximum Gasteiger partial charge on any atom is 0.312 e. The molecule has 0 radical (unpaired) electrons. The lowest BCUT2D eigenvalue weighted by molar-refractivity contribution is -0.151. The molecule has 0 unspecified atom stereocenters. The first kappa shape index (κ1) is 25.8. The van der Waals surface area contributed by atoms with E-state index in [4.69, 9.17) is 4.74 Å². The Labute approximate surface area is 201 Å². The summed E-state index contributed by atoms with van der Waals surface area (Å²) in [5, 5.41) is 13.1. The molecule has 2 N–H and O–H groups in total. The van der Waals surface area contributed by atoms with Gasteiger partial charge in [-0.25, -0.2) is 9.37 Å². The van der Waals surface area contributed by atoms with E-state index in [1.54, 1.807) is 0 Å². The summed E-state index contributed by atoms with van der Waals surface area (Å²) in [4.78, 5) is 57.5. The molecule has 1 aliphatic rings. The number of nitrogens with zero attached hydrogens (tertiary/aromatic N) is 4. The third-order valence-electron chi connectivity index (χ3n) is 5.80. The minimum absolute atomic E-state index is 0.00149. The van der Waals surface area contributed by atoms with Gasteiger partial charge in [-0.05, 0) is 24.1 Å².